The number of amides is 1. The summed E-state index contributed by atoms with van der Waals surface area (Å²) in [6, 6.07) is 8.05. The maximum Gasteiger partial charge on any atom is 0.227 e. The Kier molecular flexibility index (Phi) is 5.81. The molecule has 120 valence electrons. The van der Waals surface area contributed by atoms with Crippen molar-refractivity contribution >= 4 is 17.6 Å². The quantitative estimate of drug-likeness (QED) is 0.578. The summed E-state index contributed by atoms with van der Waals surface area (Å²) in [5, 5.41) is 6.06. The van der Waals surface area contributed by atoms with E-state index in [1.807, 2.05) is 38.1 Å². The second-order valence-electron chi connectivity index (χ2n) is 6.17. The maximum atomic E-state index is 12.1. The predicted octanol–water partition coefficient (Wildman–Crippen LogP) is 2.63. The molecule has 1 aromatic carbocycles. The molecule has 1 amide bonds. The van der Waals surface area contributed by atoms with Crippen molar-refractivity contribution in [2.45, 2.75) is 52.1 Å². The van der Waals surface area contributed by atoms with Crippen LogP contribution in [0.15, 0.2) is 29.3 Å². The fourth-order valence-electron chi connectivity index (χ4n) is 2.70. The first kappa shape index (κ1) is 16.3. The third kappa shape index (κ3) is 5.06. The first-order chi connectivity index (χ1) is 10.5. The fourth-order valence-corrected chi connectivity index (χ4v) is 2.70. The van der Waals surface area contributed by atoms with Gasteiger partial charge in [0.25, 0.3) is 0 Å². The summed E-state index contributed by atoms with van der Waals surface area (Å²) in [4.78, 5) is 16.4. The fraction of sp³-hybridized carbons (Fsp3) is 0.529. The van der Waals surface area contributed by atoms with Crippen LogP contribution in [-0.4, -0.2) is 17.9 Å². The van der Waals surface area contributed by atoms with Crippen molar-refractivity contribution in [2.75, 3.05) is 5.32 Å². The van der Waals surface area contributed by atoms with Crippen molar-refractivity contribution in [3.8, 4) is 0 Å². The van der Waals surface area contributed by atoms with E-state index in [-0.39, 0.29) is 17.9 Å². The van der Waals surface area contributed by atoms with Gasteiger partial charge in [-0.3, -0.25) is 4.79 Å². The predicted molar refractivity (Wildman–Crippen MR) is 90.6 cm³/mol. The molecule has 0 heterocycles. The number of guanidine groups is 1. The van der Waals surface area contributed by atoms with Gasteiger partial charge in [0.15, 0.2) is 5.96 Å². The van der Waals surface area contributed by atoms with Gasteiger partial charge in [-0.25, -0.2) is 4.99 Å². The summed E-state index contributed by atoms with van der Waals surface area (Å²) in [7, 11) is 0. The van der Waals surface area contributed by atoms with Crippen LogP contribution in [0.25, 0.3) is 0 Å². The van der Waals surface area contributed by atoms with Crippen LogP contribution in [0.5, 0.6) is 0 Å². The largest absolute Gasteiger partial charge is 0.370 e. The summed E-state index contributed by atoms with van der Waals surface area (Å²) in [6.07, 6.45) is 4.34. The van der Waals surface area contributed by atoms with E-state index in [4.69, 9.17) is 5.73 Å². The number of nitrogens with two attached hydrogens (primary N) is 1. The topological polar surface area (TPSA) is 79.5 Å². The van der Waals surface area contributed by atoms with E-state index in [1.165, 1.54) is 0 Å². The van der Waals surface area contributed by atoms with Crippen LogP contribution in [0.3, 0.4) is 0 Å². The van der Waals surface area contributed by atoms with Gasteiger partial charge < -0.3 is 16.4 Å². The molecule has 5 nitrogen and oxygen atoms in total. The summed E-state index contributed by atoms with van der Waals surface area (Å²) >= 11 is 0. The number of nitrogens with zero attached hydrogens (tertiary/aromatic N) is 1. The minimum absolute atomic E-state index is 0.138. The number of rotatable bonds is 5. The summed E-state index contributed by atoms with van der Waals surface area (Å²) < 4.78 is 0. The van der Waals surface area contributed by atoms with Gasteiger partial charge in [0.2, 0.25) is 5.91 Å². The third-order valence-electron chi connectivity index (χ3n) is 3.79. The maximum absolute atomic E-state index is 12.1. The van der Waals surface area contributed by atoms with E-state index in [1.54, 1.807) is 0 Å². The van der Waals surface area contributed by atoms with Gasteiger partial charge in [0.05, 0.1) is 6.54 Å². The minimum Gasteiger partial charge on any atom is -0.370 e. The highest BCUT2D eigenvalue weighted by atomic mass is 16.1. The van der Waals surface area contributed by atoms with Crippen molar-refractivity contribution < 1.29 is 4.79 Å². The minimum atomic E-state index is 0.138. The van der Waals surface area contributed by atoms with Crippen molar-refractivity contribution in [1.82, 2.24) is 5.32 Å². The van der Waals surface area contributed by atoms with Gasteiger partial charge in [-0.05, 0) is 44.4 Å². The second kappa shape index (κ2) is 7.82. The van der Waals surface area contributed by atoms with Crippen LogP contribution in [0, 0.1) is 5.92 Å². The van der Waals surface area contributed by atoms with E-state index >= 15 is 0 Å². The molecule has 1 saturated carbocycles. The van der Waals surface area contributed by atoms with Crippen molar-refractivity contribution in [3.05, 3.63) is 29.8 Å². The van der Waals surface area contributed by atoms with Crippen molar-refractivity contribution in [2.24, 2.45) is 16.6 Å². The SMILES string of the molecule is CC(C)NC(N)=NCc1cccc(NC(=O)C2CCCC2)c1. The highest BCUT2D eigenvalue weighted by Crippen LogP contribution is 2.26. The molecular weight excluding hydrogens is 276 g/mol. The average molecular weight is 302 g/mol. The molecule has 5 heteroatoms. The first-order valence-corrected chi connectivity index (χ1v) is 8.01. The molecule has 0 aliphatic heterocycles. The zero-order valence-electron chi connectivity index (χ0n) is 13.4. The lowest BCUT2D eigenvalue weighted by atomic mass is 10.1. The van der Waals surface area contributed by atoms with Gasteiger partial charge in [-0.15, -0.1) is 0 Å². The van der Waals surface area contributed by atoms with E-state index in [0.717, 1.165) is 36.9 Å². The van der Waals surface area contributed by atoms with E-state index in [0.29, 0.717) is 12.5 Å². The Hall–Kier alpha value is -2.04. The molecule has 0 unspecified atom stereocenters. The summed E-state index contributed by atoms with van der Waals surface area (Å²) in [6.45, 7) is 4.53. The molecule has 1 aliphatic carbocycles. The Morgan fingerprint density at radius 2 is 2.09 bits per heavy atom. The molecular formula is C17H26N4O. The molecule has 1 aliphatic rings. The molecule has 22 heavy (non-hydrogen) atoms. The Balaban J connectivity index is 1.93. The molecule has 1 aromatic rings. The highest BCUT2D eigenvalue weighted by molar-refractivity contribution is 5.92. The van der Waals surface area contributed by atoms with Crippen LogP contribution < -0.4 is 16.4 Å². The van der Waals surface area contributed by atoms with Crippen molar-refractivity contribution in [1.29, 1.82) is 0 Å². The number of hydrogen-bond donors (Lipinski definition) is 3. The number of carbonyl (C=O) groups excluding carboxylic acids is 1. The van der Waals surface area contributed by atoms with Gasteiger partial charge in [0, 0.05) is 17.6 Å². The van der Waals surface area contributed by atoms with Gasteiger partial charge in [0.1, 0.15) is 0 Å². The Morgan fingerprint density at radius 3 is 2.77 bits per heavy atom. The number of anilines is 1. The van der Waals surface area contributed by atoms with Gasteiger partial charge >= 0.3 is 0 Å². The molecule has 4 N–H and O–H groups in total. The summed E-state index contributed by atoms with van der Waals surface area (Å²) in [5.74, 6) is 0.752. The lowest BCUT2D eigenvalue weighted by molar-refractivity contribution is -0.119. The lowest BCUT2D eigenvalue weighted by Crippen LogP contribution is -2.36. The number of carbonyl (C=O) groups is 1. The normalized spacial score (nSPS) is 16.0. The van der Waals surface area contributed by atoms with Crippen LogP contribution in [-0.2, 0) is 11.3 Å². The lowest BCUT2D eigenvalue weighted by Gasteiger charge is -2.11. The first-order valence-electron chi connectivity index (χ1n) is 8.01. The molecule has 0 bridgehead atoms. The molecule has 0 saturated heterocycles. The van der Waals surface area contributed by atoms with Gasteiger partial charge in [-0.2, -0.15) is 0 Å². The monoisotopic (exact) mass is 302 g/mol. The van der Waals surface area contributed by atoms with E-state index in [2.05, 4.69) is 15.6 Å². The summed E-state index contributed by atoms with van der Waals surface area (Å²) in [5.41, 5.74) is 7.65. The molecule has 0 aromatic heterocycles. The molecule has 1 fully saturated rings. The zero-order chi connectivity index (χ0) is 15.9. The zero-order valence-corrected chi connectivity index (χ0v) is 13.4. The molecule has 0 spiro atoms. The Bertz CT molecular complexity index is 533. The highest BCUT2D eigenvalue weighted by Gasteiger charge is 2.22. The number of nitrogens with one attached hydrogen (secondary N) is 2. The van der Waals surface area contributed by atoms with Gasteiger partial charge in [-0.1, -0.05) is 25.0 Å². The van der Waals surface area contributed by atoms with Crippen LogP contribution in [0.4, 0.5) is 5.69 Å². The molecule has 0 atom stereocenters. The third-order valence-corrected chi connectivity index (χ3v) is 3.79. The van der Waals surface area contributed by atoms with E-state index < -0.39 is 0 Å². The number of aliphatic imine (C=N–C) groups is 1. The van der Waals surface area contributed by atoms with Crippen LogP contribution >= 0.6 is 0 Å². The van der Waals surface area contributed by atoms with E-state index in [9.17, 15) is 4.79 Å². The van der Waals surface area contributed by atoms with Crippen LogP contribution in [0.1, 0.15) is 45.1 Å². The second-order valence-corrected chi connectivity index (χ2v) is 6.17. The molecule has 2 rings (SSSR count). The average Bonchev–Trinajstić information content (AvgIpc) is 2.99. The standard InChI is InChI=1S/C17H26N4O/c1-12(2)20-17(18)19-11-13-6-5-9-15(10-13)21-16(22)14-7-3-4-8-14/h5-6,9-10,12,14H,3-4,7-8,11H2,1-2H3,(H,21,22)(H3,18,19,20). The Morgan fingerprint density at radius 1 is 1.36 bits per heavy atom. The number of hydrogen-bond acceptors (Lipinski definition) is 2. The molecule has 0 radical (unpaired) electrons. The Labute approximate surface area is 132 Å². The number of benzene rings is 1. The van der Waals surface area contributed by atoms with Crippen molar-refractivity contribution in [3.63, 3.8) is 0 Å². The smallest absolute Gasteiger partial charge is 0.227 e. The van der Waals surface area contributed by atoms with Crippen LogP contribution in [0.2, 0.25) is 0 Å².